The molecular weight excluding hydrogens is 386 g/mol. The second-order valence-electron chi connectivity index (χ2n) is 7.97. The van der Waals surface area contributed by atoms with Crippen molar-refractivity contribution in [1.82, 2.24) is 0 Å². The van der Waals surface area contributed by atoms with Crippen LogP contribution >= 0.6 is 12.4 Å². The quantitative estimate of drug-likeness (QED) is 0.796. The number of nitrogens with two attached hydrogens (primary N) is 1. The predicted octanol–water partition coefficient (Wildman–Crippen LogP) is 2.74. The second-order valence-corrected chi connectivity index (χ2v) is 9.99. The first kappa shape index (κ1) is 20.4. The highest BCUT2D eigenvalue weighted by atomic mass is 35.5. The summed E-state index contributed by atoms with van der Waals surface area (Å²) in [5.74, 6) is 1.25. The van der Waals surface area contributed by atoms with Crippen molar-refractivity contribution in [2.75, 3.05) is 21.9 Å². The van der Waals surface area contributed by atoms with Gasteiger partial charge in [0.05, 0.1) is 11.4 Å². The van der Waals surface area contributed by atoms with E-state index in [4.69, 9.17) is 5.73 Å². The first-order valence-electron chi connectivity index (χ1n) is 9.61. The molecule has 4 rings (SSSR count). The Kier molecular flexibility index (Phi) is 6.03. The molecule has 0 radical (unpaired) electrons. The van der Waals surface area contributed by atoms with Crippen molar-refractivity contribution in [2.24, 2.45) is 23.5 Å². The molecule has 1 saturated heterocycles. The largest absolute Gasteiger partial charge is 0.327 e. The maximum atomic E-state index is 12.7. The normalized spacial score (nSPS) is 31.8. The SMILES string of the molecule is Cl.NC1C2CCCC1CC(C(=O)Nc1ccc(N3CCCS3(=O)=O)cc1)C2. The average Bonchev–Trinajstić information content (AvgIpc) is 2.94. The Morgan fingerprint density at radius 2 is 1.70 bits per heavy atom. The molecule has 3 N–H and O–H groups in total. The van der Waals surface area contributed by atoms with Gasteiger partial charge in [0.1, 0.15) is 0 Å². The zero-order valence-corrected chi connectivity index (χ0v) is 17.0. The van der Waals surface area contributed by atoms with E-state index in [0.29, 0.717) is 30.5 Å². The van der Waals surface area contributed by atoms with Crippen molar-refractivity contribution >= 4 is 39.7 Å². The molecule has 2 saturated carbocycles. The van der Waals surface area contributed by atoms with Gasteiger partial charge in [-0.05, 0) is 68.2 Å². The molecule has 1 aliphatic heterocycles. The van der Waals surface area contributed by atoms with E-state index >= 15 is 0 Å². The number of nitrogens with zero attached hydrogens (tertiary/aromatic N) is 1. The van der Waals surface area contributed by atoms with Gasteiger partial charge < -0.3 is 11.1 Å². The molecule has 3 fully saturated rings. The van der Waals surface area contributed by atoms with Crippen molar-refractivity contribution in [3.8, 4) is 0 Å². The number of carbonyl (C=O) groups is 1. The fourth-order valence-corrected chi connectivity index (χ4v) is 6.45. The Bertz CT molecular complexity index is 770. The third kappa shape index (κ3) is 4.10. The highest BCUT2D eigenvalue weighted by Crippen LogP contribution is 2.42. The molecule has 2 unspecified atom stereocenters. The molecule has 150 valence electrons. The molecule has 2 atom stereocenters. The lowest BCUT2D eigenvalue weighted by atomic mass is 9.65. The summed E-state index contributed by atoms with van der Waals surface area (Å²) < 4.78 is 25.4. The topological polar surface area (TPSA) is 92.5 Å². The van der Waals surface area contributed by atoms with E-state index in [2.05, 4.69) is 5.32 Å². The fourth-order valence-electron chi connectivity index (χ4n) is 4.89. The summed E-state index contributed by atoms with van der Waals surface area (Å²) in [6.45, 7) is 0.527. The Labute approximate surface area is 167 Å². The minimum atomic E-state index is -3.17. The van der Waals surface area contributed by atoms with Crippen molar-refractivity contribution in [3.05, 3.63) is 24.3 Å². The maximum absolute atomic E-state index is 12.7. The molecule has 1 amide bonds. The Morgan fingerprint density at radius 1 is 1.07 bits per heavy atom. The molecule has 2 aliphatic carbocycles. The molecule has 8 heteroatoms. The summed E-state index contributed by atoms with van der Waals surface area (Å²) in [6.07, 6.45) is 5.94. The van der Waals surface area contributed by atoms with E-state index in [1.165, 1.54) is 10.7 Å². The summed E-state index contributed by atoms with van der Waals surface area (Å²) in [5, 5.41) is 3.01. The summed E-state index contributed by atoms with van der Waals surface area (Å²) in [5.41, 5.74) is 7.70. The van der Waals surface area contributed by atoms with Gasteiger partial charge in [-0.3, -0.25) is 9.10 Å². The predicted molar refractivity (Wildman–Crippen MR) is 110 cm³/mol. The van der Waals surface area contributed by atoms with Crippen LogP contribution in [-0.2, 0) is 14.8 Å². The van der Waals surface area contributed by atoms with E-state index in [-0.39, 0.29) is 36.0 Å². The zero-order valence-electron chi connectivity index (χ0n) is 15.3. The third-order valence-electron chi connectivity index (χ3n) is 6.31. The van der Waals surface area contributed by atoms with Crippen molar-refractivity contribution in [3.63, 3.8) is 0 Å². The first-order chi connectivity index (χ1) is 12.4. The Hall–Kier alpha value is -1.31. The summed E-state index contributed by atoms with van der Waals surface area (Å²) in [4.78, 5) is 12.7. The number of nitrogens with one attached hydrogen (secondary N) is 1. The molecule has 1 heterocycles. The first-order valence-corrected chi connectivity index (χ1v) is 11.2. The van der Waals surface area contributed by atoms with E-state index < -0.39 is 10.0 Å². The van der Waals surface area contributed by atoms with Crippen LogP contribution in [0.25, 0.3) is 0 Å². The number of benzene rings is 1. The number of amides is 1. The van der Waals surface area contributed by atoms with Gasteiger partial charge in [-0.1, -0.05) is 6.42 Å². The van der Waals surface area contributed by atoms with Gasteiger partial charge in [0.2, 0.25) is 15.9 Å². The molecule has 2 bridgehead atoms. The van der Waals surface area contributed by atoms with Gasteiger partial charge in [0.15, 0.2) is 0 Å². The van der Waals surface area contributed by atoms with Crippen LogP contribution in [0, 0.1) is 17.8 Å². The van der Waals surface area contributed by atoms with Crippen molar-refractivity contribution in [2.45, 2.75) is 44.6 Å². The number of halogens is 1. The van der Waals surface area contributed by atoms with E-state index in [1.54, 1.807) is 24.3 Å². The van der Waals surface area contributed by atoms with Gasteiger partial charge in [-0.15, -0.1) is 12.4 Å². The van der Waals surface area contributed by atoms with Crippen LogP contribution < -0.4 is 15.4 Å². The summed E-state index contributed by atoms with van der Waals surface area (Å²) >= 11 is 0. The van der Waals surface area contributed by atoms with Crippen LogP contribution in [0.1, 0.15) is 38.5 Å². The number of anilines is 2. The molecule has 0 aromatic heterocycles. The van der Waals surface area contributed by atoms with Gasteiger partial charge in [0.25, 0.3) is 0 Å². The number of fused-ring (bicyclic) bond motifs is 2. The fraction of sp³-hybridized carbons (Fsp3) is 0.632. The van der Waals surface area contributed by atoms with Crippen LogP contribution in [0.2, 0.25) is 0 Å². The lowest BCUT2D eigenvalue weighted by Crippen LogP contribution is -2.48. The number of rotatable bonds is 3. The number of hydrogen-bond acceptors (Lipinski definition) is 4. The maximum Gasteiger partial charge on any atom is 0.235 e. The van der Waals surface area contributed by atoms with Gasteiger partial charge in [-0.2, -0.15) is 0 Å². The lowest BCUT2D eigenvalue weighted by Gasteiger charge is -2.43. The van der Waals surface area contributed by atoms with Crippen LogP contribution in [0.3, 0.4) is 0 Å². The third-order valence-corrected chi connectivity index (χ3v) is 8.18. The van der Waals surface area contributed by atoms with Crippen LogP contribution in [0.4, 0.5) is 11.4 Å². The zero-order chi connectivity index (χ0) is 18.3. The molecule has 1 aromatic carbocycles. The number of sulfonamides is 1. The Balaban J connectivity index is 0.00000210. The molecule has 3 aliphatic rings. The number of hydrogen-bond donors (Lipinski definition) is 2. The van der Waals surface area contributed by atoms with E-state index in [9.17, 15) is 13.2 Å². The standard InChI is InChI=1S/C19H27N3O3S.ClH/c20-18-13-3-1-4-14(18)12-15(11-13)19(23)21-16-5-7-17(8-6-16)22-9-2-10-26(22,24)25;/h5-8,13-15,18H,1-4,9-12,20H2,(H,21,23);1H. The average molecular weight is 414 g/mol. The van der Waals surface area contributed by atoms with Gasteiger partial charge >= 0.3 is 0 Å². The molecular formula is C19H28ClN3O3S. The Morgan fingerprint density at radius 3 is 2.26 bits per heavy atom. The molecule has 6 nitrogen and oxygen atoms in total. The van der Waals surface area contributed by atoms with Crippen LogP contribution in [0.15, 0.2) is 24.3 Å². The van der Waals surface area contributed by atoms with Crippen LogP contribution in [-0.4, -0.2) is 32.7 Å². The van der Waals surface area contributed by atoms with E-state index in [0.717, 1.165) is 31.4 Å². The van der Waals surface area contributed by atoms with Crippen LogP contribution in [0.5, 0.6) is 0 Å². The second kappa shape index (κ2) is 7.97. The smallest absolute Gasteiger partial charge is 0.235 e. The van der Waals surface area contributed by atoms with Crippen molar-refractivity contribution in [1.29, 1.82) is 0 Å². The number of carbonyl (C=O) groups excluding carboxylic acids is 1. The molecule has 0 spiro atoms. The molecule has 27 heavy (non-hydrogen) atoms. The molecule has 1 aromatic rings. The minimum Gasteiger partial charge on any atom is -0.327 e. The van der Waals surface area contributed by atoms with E-state index in [1.807, 2.05) is 0 Å². The minimum absolute atomic E-state index is 0. The highest BCUT2D eigenvalue weighted by molar-refractivity contribution is 7.93. The summed E-state index contributed by atoms with van der Waals surface area (Å²) in [6, 6.07) is 7.37. The highest BCUT2D eigenvalue weighted by Gasteiger charge is 2.40. The van der Waals surface area contributed by atoms with Crippen molar-refractivity contribution < 1.29 is 13.2 Å². The summed E-state index contributed by atoms with van der Waals surface area (Å²) in [7, 11) is -3.17. The van der Waals surface area contributed by atoms with Gasteiger partial charge in [0, 0.05) is 24.2 Å². The van der Waals surface area contributed by atoms with Gasteiger partial charge in [-0.25, -0.2) is 8.42 Å². The lowest BCUT2D eigenvalue weighted by molar-refractivity contribution is -0.122. The monoisotopic (exact) mass is 413 g/mol.